The predicted molar refractivity (Wildman–Crippen MR) is 91.1 cm³/mol. The highest BCUT2D eigenvalue weighted by molar-refractivity contribution is 6.33. The van der Waals surface area contributed by atoms with Gasteiger partial charge in [0.15, 0.2) is 0 Å². The van der Waals surface area contributed by atoms with Crippen molar-refractivity contribution in [2.75, 3.05) is 17.7 Å². The minimum Gasteiger partial charge on any atom is -0.495 e. The van der Waals surface area contributed by atoms with E-state index in [1.54, 1.807) is 36.4 Å². The second-order valence-electron chi connectivity index (χ2n) is 4.96. The summed E-state index contributed by atoms with van der Waals surface area (Å²) >= 11 is 5.96. The zero-order chi connectivity index (χ0) is 16.8. The lowest BCUT2D eigenvalue weighted by atomic mass is 10.2. The number of amides is 2. The predicted octanol–water partition coefficient (Wildman–Crippen LogP) is 3.62. The largest absolute Gasteiger partial charge is 0.495 e. The van der Waals surface area contributed by atoms with Crippen LogP contribution < -0.4 is 15.4 Å². The lowest BCUT2D eigenvalue weighted by Gasteiger charge is -2.11. The highest BCUT2D eigenvalue weighted by Crippen LogP contribution is 2.25. The summed E-state index contributed by atoms with van der Waals surface area (Å²) in [5.74, 6) is -0.337. The number of hydrogen-bond acceptors (Lipinski definition) is 3. The zero-order valence-corrected chi connectivity index (χ0v) is 13.6. The monoisotopic (exact) mass is 332 g/mol. The molecule has 2 aromatic rings. The topological polar surface area (TPSA) is 67.4 Å². The van der Waals surface area contributed by atoms with Crippen molar-refractivity contribution in [2.24, 2.45) is 0 Å². The van der Waals surface area contributed by atoms with Gasteiger partial charge in [-0.25, -0.2) is 0 Å². The molecule has 23 heavy (non-hydrogen) atoms. The molecule has 2 amide bonds. The maximum Gasteiger partial charge on any atom is 0.233 e. The molecule has 0 spiro atoms. The standard InChI is InChI=1S/C17H17ClN2O3/c1-11-7-8-15(23-2)14(9-11)20-17(22)10-16(21)19-13-6-4-3-5-12(13)18/h3-9H,10H2,1-2H3,(H,19,21)(H,20,22). The third kappa shape index (κ3) is 4.72. The quantitative estimate of drug-likeness (QED) is 0.822. The summed E-state index contributed by atoms with van der Waals surface area (Å²) in [7, 11) is 1.52. The van der Waals surface area contributed by atoms with Crippen molar-refractivity contribution >= 4 is 34.8 Å². The summed E-state index contributed by atoms with van der Waals surface area (Å²) in [4.78, 5) is 23.9. The van der Waals surface area contributed by atoms with E-state index < -0.39 is 11.8 Å². The number of carbonyl (C=O) groups excluding carboxylic acids is 2. The van der Waals surface area contributed by atoms with Crippen molar-refractivity contribution in [3.63, 3.8) is 0 Å². The van der Waals surface area contributed by atoms with Gasteiger partial charge in [-0.05, 0) is 36.8 Å². The van der Waals surface area contributed by atoms with Crippen LogP contribution in [0.1, 0.15) is 12.0 Å². The van der Waals surface area contributed by atoms with E-state index in [1.807, 2.05) is 13.0 Å². The number of methoxy groups -OCH3 is 1. The Morgan fingerprint density at radius 1 is 1.04 bits per heavy atom. The molecule has 0 aromatic heterocycles. The van der Waals surface area contributed by atoms with Crippen molar-refractivity contribution in [3.05, 3.63) is 53.1 Å². The van der Waals surface area contributed by atoms with E-state index in [2.05, 4.69) is 10.6 Å². The van der Waals surface area contributed by atoms with E-state index >= 15 is 0 Å². The Morgan fingerprint density at radius 3 is 2.35 bits per heavy atom. The van der Waals surface area contributed by atoms with Crippen molar-refractivity contribution in [1.82, 2.24) is 0 Å². The summed E-state index contributed by atoms with van der Waals surface area (Å²) in [6.45, 7) is 1.90. The summed E-state index contributed by atoms with van der Waals surface area (Å²) in [6, 6.07) is 12.3. The number of hydrogen-bond donors (Lipinski definition) is 2. The molecule has 0 bridgehead atoms. The van der Waals surface area contributed by atoms with Gasteiger partial charge in [-0.2, -0.15) is 0 Å². The van der Waals surface area contributed by atoms with Gasteiger partial charge in [0.1, 0.15) is 12.2 Å². The number of benzene rings is 2. The third-order valence-corrected chi connectivity index (χ3v) is 3.43. The highest BCUT2D eigenvalue weighted by atomic mass is 35.5. The first kappa shape index (κ1) is 16.8. The van der Waals surface area contributed by atoms with Crippen molar-refractivity contribution in [3.8, 4) is 5.75 Å². The molecule has 2 aromatic carbocycles. The van der Waals surface area contributed by atoms with E-state index in [-0.39, 0.29) is 6.42 Å². The van der Waals surface area contributed by atoms with Crippen LogP contribution in [0.25, 0.3) is 0 Å². The molecule has 0 unspecified atom stereocenters. The third-order valence-electron chi connectivity index (χ3n) is 3.10. The van der Waals surface area contributed by atoms with Gasteiger partial charge >= 0.3 is 0 Å². The fraction of sp³-hybridized carbons (Fsp3) is 0.176. The van der Waals surface area contributed by atoms with Crippen LogP contribution in [0.3, 0.4) is 0 Å². The lowest BCUT2D eigenvalue weighted by Crippen LogP contribution is -2.21. The number of ether oxygens (including phenoxy) is 1. The van der Waals surface area contributed by atoms with Crippen LogP contribution in [0.5, 0.6) is 5.75 Å². The SMILES string of the molecule is COc1ccc(C)cc1NC(=O)CC(=O)Nc1ccccc1Cl. The molecule has 0 aliphatic rings. The van der Waals surface area contributed by atoms with E-state index in [0.29, 0.717) is 22.1 Å². The average Bonchev–Trinajstić information content (AvgIpc) is 2.49. The molecule has 0 aliphatic heterocycles. The first-order chi connectivity index (χ1) is 11.0. The van der Waals surface area contributed by atoms with Crippen LogP contribution in [-0.4, -0.2) is 18.9 Å². The average molecular weight is 333 g/mol. The number of para-hydroxylation sites is 1. The second-order valence-corrected chi connectivity index (χ2v) is 5.36. The normalized spacial score (nSPS) is 10.0. The Labute approximate surface area is 139 Å². The molecule has 0 saturated carbocycles. The van der Waals surface area contributed by atoms with Crippen molar-refractivity contribution < 1.29 is 14.3 Å². The molecule has 0 heterocycles. The van der Waals surface area contributed by atoms with E-state index in [1.165, 1.54) is 7.11 Å². The Kier molecular flexibility index (Phi) is 5.60. The maximum absolute atomic E-state index is 12.0. The molecule has 0 atom stereocenters. The lowest BCUT2D eigenvalue weighted by molar-refractivity contribution is -0.123. The Morgan fingerprint density at radius 2 is 1.70 bits per heavy atom. The first-order valence-electron chi connectivity index (χ1n) is 6.98. The Hall–Kier alpha value is -2.53. The molecule has 120 valence electrons. The fourth-order valence-corrected chi connectivity index (χ4v) is 2.20. The zero-order valence-electron chi connectivity index (χ0n) is 12.9. The molecule has 0 saturated heterocycles. The fourth-order valence-electron chi connectivity index (χ4n) is 2.02. The van der Waals surface area contributed by atoms with E-state index in [4.69, 9.17) is 16.3 Å². The molecule has 0 radical (unpaired) electrons. The molecule has 0 aliphatic carbocycles. The molecular weight excluding hydrogens is 316 g/mol. The number of aryl methyl sites for hydroxylation is 1. The molecule has 2 N–H and O–H groups in total. The molecule has 6 heteroatoms. The van der Waals surface area contributed by atoms with Crippen LogP contribution in [-0.2, 0) is 9.59 Å². The number of rotatable bonds is 5. The van der Waals surface area contributed by atoms with Gasteiger partial charge in [0.2, 0.25) is 11.8 Å². The summed E-state index contributed by atoms with van der Waals surface area (Å²) < 4.78 is 5.18. The van der Waals surface area contributed by atoms with Crippen LogP contribution in [0.2, 0.25) is 5.02 Å². The number of nitrogens with one attached hydrogen (secondary N) is 2. The molecule has 2 rings (SSSR count). The number of halogens is 1. The second kappa shape index (κ2) is 7.65. The van der Waals surface area contributed by atoms with Crippen LogP contribution >= 0.6 is 11.6 Å². The van der Waals surface area contributed by atoms with E-state index in [9.17, 15) is 9.59 Å². The minimum absolute atomic E-state index is 0.317. The molecular formula is C17H17ClN2O3. The van der Waals surface area contributed by atoms with Crippen molar-refractivity contribution in [1.29, 1.82) is 0 Å². The summed E-state index contributed by atoms with van der Waals surface area (Å²) in [6.07, 6.45) is -0.317. The van der Waals surface area contributed by atoms with Gasteiger partial charge in [0, 0.05) is 0 Å². The van der Waals surface area contributed by atoms with Crippen LogP contribution in [0, 0.1) is 6.92 Å². The van der Waals surface area contributed by atoms with Crippen LogP contribution in [0.4, 0.5) is 11.4 Å². The Balaban J connectivity index is 1.98. The Bertz CT molecular complexity index is 732. The molecule has 0 fully saturated rings. The van der Waals surface area contributed by atoms with Gasteiger partial charge in [0.25, 0.3) is 0 Å². The summed E-state index contributed by atoms with van der Waals surface area (Å²) in [5, 5.41) is 5.70. The first-order valence-corrected chi connectivity index (χ1v) is 7.36. The van der Waals surface area contributed by atoms with Gasteiger partial charge in [-0.3, -0.25) is 9.59 Å². The minimum atomic E-state index is -0.442. The van der Waals surface area contributed by atoms with Gasteiger partial charge in [-0.1, -0.05) is 29.8 Å². The summed E-state index contributed by atoms with van der Waals surface area (Å²) in [5.41, 5.74) is 1.98. The van der Waals surface area contributed by atoms with Crippen molar-refractivity contribution in [2.45, 2.75) is 13.3 Å². The number of anilines is 2. The smallest absolute Gasteiger partial charge is 0.233 e. The van der Waals surface area contributed by atoms with E-state index in [0.717, 1.165) is 5.56 Å². The molecule has 5 nitrogen and oxygen atoms in total. The maximum atomic E-state index is 12.0. The van der Waals surface area contributed by atoms with Gasteiger partial charge in [-0.15, -0.1) is 0 Å². The highest BCUT2D eigenvalue weighted by Gasteiger charge is 2.13. The van der Waals surface area contributed by atoms with Crippen LogP contribution in [0.15, 0.2) is 42.5 Å². The number of carbonyl (C=O) groups is 2. The van der Waals surface area contributed by atoms with Gasteiger partial charge < -0.3 is 15.4 Å². The van der Waals surface area contributed by atoms with Gasteiger partial charge in [0.05, 0.1) is 23.5 Å².